The van der Waals surface area contributed by atoms with Gasteiger partial charge in [0.2, 0.25) is 0 Å². The Kier molecular flexibility index (Phi) is 3.82. The molecule has 0 radical (unpaired) electrons. The lowest BCUT2D eigenvalue weighted by Crippen LogP contribution is -2.06. The number of benzene rings is 2. The summed E-state index contributed by atoms with van der Waals surface area (Å²) in [6, 6.07) is 12.8. The molecule has 3 aromatic rings. The normalized spacial score (nSPS) is 10.7. The standard InChI is InChI=1S/C16H12ClNO2S/c17-14-6-5-11(18)7-13(14)16(19)20-8-10-9-21-15-4-2-1-3-12(10)15/h1-7,9H,8,18H2. The van der Waals surface area contributed by atoms with Gasteiger partial charge in [0.1, 0.15) is 6.61 Å². The molecule has 0 unspecified atom stereocenters. The van der Waals surface area contributed by atoms with Gasteiger partial charge in [-0.15, -0.1) is 11.3 Å². The Hall–Kier alpha value is -2.04. The van der Waals surface area contributed by atoms with Crippen LogP contribution in [0.2, 0.25) is 5.02 Å². The molecule has 2 N–H and O–H groups in total. The molecule has 2 aromatic carbocycles. The zero-order chi connectivity index (χ0) is 14.8. The predicted molar refractivity (Wildman–Crippen MR) is 86.8 cm³/mol. The second-order valence-electron chi connectivity index (χ2n) is 4.57. The monoisotopic (exact) mass is 317 g/mol. The molecule has 0 amide bonds. The van der Waals surface area contributed by atoms with Gasteiger partial charge >= 0.3 is 5.97 Å². The molecule has 1 aromatic heterocycles. The minimum absolute atomic E-state index is 0.216. The average Bonchev–Trinajstić information content (AvgIpc) is 2.90. The molecule has 106 valence electrons. The number of hydrogen-bond donors (Lipinski definition) is 1. The quantitative estimate of drug-likeness (QED) is 0.572. The number of rotatable bonds is 3. The number of thiophene rings is 1. The minimum atomic E-state index is -0.470. The molecule has 0 aliphatic rings. The summed E-state index contributed by atoms with van der Waals surface area (Å²) in [7, 11) is 0. The van der Waals surface area contributed by atoms with Crippen LogP contribution in [0.4, 0.5) is 5.69 Å². The van der Waals surface area contributed by atoms with Gasteiger partial charge in [-0.1, -0.05) is 29.8 Å². The van der Waals surface area contributed by atoms with Gasteiger partial charge in [-0.3, -0.25) is 0 Å². The maximum absolute atomic E-state index is 12.1. The number of nitrogen functional groups attached to an aromatic ring is 1. The van der Waals surface area contributed by atoms with E-state index in [1.54, 1.807) is 23.5 Å². The molecular formula is C16H12ClNO2S. The summed E-state index contributed by atoms with van der Waals surface area (Å²) in [4.78, 5) is 12.1. The van der Waals surface area contributed by atoms with E-state index in [1.807, 2.05) is 29.6 Å². The third kappa shape index (κ3) is 2.86. The fourth-order valence-corrected chi connectivity index (χ4v) is 3.21. The van der Waals surface area contributed by atoms with E-state index < -0.39 is 5.97 Å². The van der Waals surface area contributed by atoms with Crippen LogP contribution in [0, 0.1) is 0 Å². The second-order valence-corrected chi connectivity index (χ2v) is 5.89. The fraction of sp³-hybridized carbons (Fsp3) is 0.0625. The fourth-order valence-electron chi connectivity index (χ4n) is 2.06. The Balaban J connectivity index is 1.78. The number of carbonyl (C=O) groups excluding carboxylic acids is 1. The first-order chi connectivity index (χ1) is 10.1. The van der Waals surface area contributed by atoms with Gasteiger partial charge in [0, 0.05) is 16.0 Å². The van der Waals surface area contributed by atoms with Crippen molar-refractivity contribution in [1.82, 2.24) is 0 Å². The molecular weight excluding hydrogens is 306 g/mol. The van der Waals surface area contributed by atoms with Crippen LogP contribution in [0.15, 0.2) is 47.8 Å². The number of fused-ring (bicyclic) bond motifs is 1. The highest BCUT2D eigenvalue weighted by molar-refractivity contribution is 7.17. The molecule has 0 atom stereocenters. The molecule has 0 fully saturated rings. The van der Waals surface area contributed by atoms with E-state index in [1.165, 1.54) is 10.8 Å². The van der Waals surface area contributed by atoms with Gasteiger partial charge in [0.25, 0.3) is 0 Å². The highest BCUT2D eigenvalue weighted by atomic mass is 35.5. The number of anilines is 1. The Bertz CT molecular complexity index is 813. The van der Waals surface area contributed by atoms with Crippen LogP contribution in [-0.2, 0) is 11.3 Å². The topological polar surface area (TPSA) is 52.3 Å². The van der Waals surface area contributed by atoms with E-state index in [0.717, 1.165) is 10.9 Å². The number of ether oxygens (including phenoxy) is 1. The minimum Gasteiger partial charge on any atom is -0.457 e. The molecule has 5 heteroatoms. The lowest BCUT2D eigenvalue weighted by Gasteiger charge is -2.06. The van der Waals surface area contributed by atoms with Gasteiger partial charge in [-0.2, -0.15) is 0 Å². The lowest BCUT2D eigenvalue weighted by atomic mass is 10.2. The SMILES string of the molecule is Nc1ccc(Cl)c(C(=O)OCc2csc3ccccc23)c1. The summed E-state index contributed by atoms with van der Waals surface area (Å²) < 4.78 is 6.52. The van der Waals surface area contributed by atoms with Crippen molar-refractivity contribution < 1.29 is 9.53 Å². The van der Waals surface area contributed by atoms with E-state index in [4.69, 9.17) is 22.1 Å². The predicted octanol–water partition coefficient (Wildman–Crippen LogP) is 4.49. The number of halogens is 1. The number of hydrogen-bond acceptors (Lipinski definition) is 4. The zero-order valence-corrected chi connectivity index (χ0v) is 12.6. The van der Waals surface area contributed by atoms with Crippen LogP contribution >= 0.6 is 22.9 Å². The first kappa shape index (κ1) is 13.9. The first-order valence-corrected chi connectivity index (χ1v) is 7.58. The Morgan fingerprint density at radius 1 is 1.24 bits per heavy atom. The van der Waals surface area contributed by atoms with Gasteiger partial charge in [0.05, 0.1) is 10.6 Å². The third-order valence-electron chi connectivity index (χ3n) is 3.13. The van der Waals surface area contributed by atoms with Crippen molar-refractivity contribution in [3.63, 3.8) is 0 Å². The molecule has 0 saturated heterocycles. The Morgan fingerprint density at radius 2 is 2.05 bits per heavy atom. The highest BCUT2D eigenvalue weighted by Crippen LogP contribution is 2.27. The maximum Gasteiger partial charge on any atom is 0.340 e. The van der Waals surface area contributed by atoms with E-state index >= 15 is 0 Å². The van der Waals surface area contributed by atoms with Gasteiger partial charge < -0.3 is 10.5 Å². The van der Waals surface area contributed by atoms with Gasteiger partial charge in [-0.05, 0) is 35.0 Å². The van der Waals surface area contributed by atoms with Crippen molar-refractivity contribution in [1.29, 1.82) is 0 Å². The van der Waals surface area contributed by atoms with Crippen molar-refractivity contribution in [3.05, 3.63) is 64.0 Å². The van der Waals surface area contributed by atoms with Crippen molar-refractivity contribution in [2.45, 2.75) is 6.61 Å². The van der Waals surface area contributed by atoms with Crippen LogP contribution in [0.1, 0.15) is 15.9 Å². The van der Waals surface area contributed by atoms with Crippen LogP contribution in [0.25, 0.3) is 10.1 Å². The van der Waals surface area contributed by atoms with Crippen molar-refractivity contribution >= 4 is 44.7 Å². The number of esters is 1. The van der Waals surface area contributed by atoms with Crippen LogP contribution in [0.3, 0.4) is 0 Å². The molecule has 3 rings (SSSR count). The average molecular weight is 318 g/mol. The zero-order valence-electron chi connectivity index (χ0n) is 11.0. The summed E-state index contributed by atoms with van der Waals surface area (Å²) in [5.74, 6) is -0.470. The van der Waals surface area contributed by atoms with Crippen molar-refractivity contribution in [2.75, 3.05) is 5.73 Å². The summed E-state index contributed by atoms with van der Waals surface area (Å²) >= 11 is 7.62. The Morgan fingerprint density at radius 3 is 2.90 bits per heavy atom. The molecule has 0 saturated carbocycles. The molecule has 0 aliphatic carbocycles. The molecule has 0 aliphatic heterocycles. The summed E-state index contributed by atoms with van der Waals surface area (Å²) in [6.45, 7) is 0.216. The number of nitrogens with two attached hydrogens (primary N) is 1. The lowest BCUT2D eigenvalue weighted by molar-refractivity contribution is 0.0475. The van der Waals surface area contributed by atoms with Crippen molar-refractivity contribution in [3.8, 4) is 0 Å². The second kappa shape index (κ2) is 5.76. The van der Waals surface area contributed by atoms with Crippen LogP contribution < -0.4 is 5.73 Å². The van der Waals surface area contributed by atoms with E-state index in [2.05, 4.69) is 0 Å². The van der Waals surface area contributed by atoms with E-state index in [-0.39, 0.29) is 12.2 Å². The Labute approximate surface area is 130 Å². The van der Waals surface area contributed by atoms with Crippen molar-refractivity contribution in [2.24, 2.45) is 0 Å². The summed E-state index contributed by atoms with van der Waals surface area (Å²) in [5.41, 5.74) is 7.42. The molecule has 0 bridgehead atoms. The molecule has 1 heterocycles. The largest absolute Gasteiger partial charge is 0.457 e. The van der Waals surface area contributed by atoms with Crippen LogP contribution in [-0.4, -0.2) is 5.97 Å². The molecule has 21 heavy (non-hydrogen) atoms. The smallest absolute Gasteiger partial charge is 0.340 e. The molecule has 0 spiro atoms. The van der Waals surface area contributed by atoms with E-state index in [9.17, 15) is 4.79 Å². The number of carbonyl (C=O) groups is 1. The maximum atomic E-state index is 12.1. The van der Waals surface area contributed by atoms with Gasteiger partial charge in [-0.25, -0.2) is 4.79 Å². The van der Waals surface area contributed by atoms with E-state index in [0.29, 0.717) is 10.7 Å². The third-order valence-corrected chi connectivity index (χ3v) is 4.47. The van der Waals surface area contributed by atoms with Crippen LogP contribution in [0.5, 0.6) is 0 Å². The first-order valence-electron chi connectivity index (χ1n) is 6.32. The highest BCUT2D eigenvalue weighted by Gasteiger charge is 2.13. The van der Waals surface area contributed by atoms with Gasteiger partial charge in [0.15, 0.2) is 0 Å². The summed E-state index contributed by atoms with van der Waals surface area (Å²) in [5, 5.41) is 3.44. The summed E-state index contributed by atoms with van der Waals surface area (Å²) in [6.07, 6.45) is 0. The molecule has 3 nitrogen and oxygen atoms in total.